The van der Waals surface area contributed by atoms with Crippen molar-refractivity contribution in [3.63, 3.8) is 0 Å². The first-order valence-corrected chi connectivity index (χ1v) is 8.23. The van der Waals surface area contributed by atoms with Crippen LogP contribution in [0.25, 0.3) is 16.9 Å². The van der Waals surface area contributed by atoms with E-state index < -0.39 is 0 Å². The molecule has 0 unspecified atom stereocenters. The predicted molar refractivity (Wildman–Crippen MR) is 86.9 cm³/mol. The zero-order valence-corrected chi connectivity index (χ0v) is 13.0. The van der Waals surface area contributed by atoms with Crippen molar-refractivity contribution in [1.29, 1.82) is 0 Å². The molecule has 7 heteroatoms. The molecule has 24 heavy (non-hydrogen) atoms. The summed E-state index contributed by atoms with van der Waals surface area (Å²) in [7, 11) is 0. The molecule has 2 N–H and O–H groups in total. The largest absolute Gasteiger partial charge is 0.438 e. The molecule has 2 fully saturated rings. The van der Waals surface area contributed by atoms with Crippen LogP contribution < -0.4 is 10.6 Å². The average molecular weight is 323 g/mol. The van der Waals surface area contributed by atoms with Gasteiger partial charge in [0.05, 0.1) is 12.4 Å². The maximum Gasteiger partial charge on any atom is 0.251 e. The highest BCUT2D eigenvalue weighted by Gasteiger charge is 2.39. The minimum absolute atomic E-state index is 0.0280. The van der Waals surface area contributed by atoms with Gasteiger partial charge in [0.15, 0.2) is 0 Å². The quantitative estimate of drug-likeness (QED) is 0.765. The Kier molecular flexibility index (Phi) is 2.96. The van der Waals surface area contributed by atoms with Crippen LogP contribution in [0.4, 0.5) is 0 Å². The van der Waals surface area contributed by atoms with Gasteiger partial charge >= 0.3 is 0 Å². The molecule has 2 bridgehead atoms. The van der Waals surface area contributed by atoms with E-state index >= 15 is 0 Å². The van der Waals surface area contributed by atoms with E-state index in [4.69, 9.17) is 4.42 Å². The molecule has 1 amide bonds. The van der Waals surface area contributed by atoms with Crippen molar-refractivity contribution < 1.29 is 9.21 Å². The minimum Gasteiger partial charge on any atom is -0.438 e. The van der Waals surface area contributed by atoms with Gasteiger partial charge in [-0.05, 0) is 37.5 Å². The topological polar surface area (TPSA) is 85.0 Å². The second kappa shape index (κ2) is 5.17. The molecule has 0 radical (unpaired) electrons. The fourth-order valence-electron chi connectivity index (χ4n) is 3.84. The maximum atomic E-state index is 12.6. The summed E-state index contributed by atoms with van der Waals surface area (Å²) >= 11 is 0. The zero-order valence-electron chi connectivity index (χ0n) is 13.0. The predicted octanol–water partition coefficient (Wildman–Crippen LogP) is 1.64. The molecule has 5 rings (SSSR count). The van der Waals surface area contributed by atoms with Crippen LogP contribution in [-0.4, -0.2) is 39.0 Å². The van der Waals surface area contributed by atoms with Gasteiger partial charge in [-0.1, -0.05) is 5.21 Å². The van der Waals surface area contributed by atoms with Crippen LogP contribution in [-0.2, 0) is 0 Å². The van der Waals surface area contributed by atoms with E-state index in [1.807, 2.05) is 18.2 Å². The van der Waals surface area contributed by atoms with Gasteiger partial charge in [-0.15, -0.1) is 5.10 Å². The third kappa shape index (κ3) is 2.20. The normalized spacial score (nSPS) is 25.4. The number of nitrogens with zero attached hydrogens (tertiary/aromatic N) is 3. The first-order valence-electron chi connectivity index (χ1n) is 8.23. The molecule has 7 nitrogen and oxygen atoms in total. The Morgan fingerprint density at radius 1 is 1.33 bits per heavy atom. The summed E-state index contributed by atoms with van der Waals surface area (Å²) in [6.07, 6.45) is 6.71. The highest BCUT2D eigenvalue weighted by atomic mass is 16.4. The summed E-state index contributed by atoms with van der Waals surface area (Å²) in [5, 5.41) is 15.3. The number of furan rings is 1. The Morgan fingerprint density at radius 2 is 2.29 bits per heavy atom. The number of hydrogen-bond acceptors (Lipinski definition) is 5. The number of nitrogens with one attached hydrogen (secondary N) is 2. The number of rotatable bonds is 3. The van der Waals surface area contributed by atoms with Crippen LogP contribution in [0.5, 0.6) is 0 Å². The van der Waals surface area contributed by atoms with E-state index in [9.17, 15) is 4.79 Å². The summed E-state index contributed by atoms with van der Waals surface area (Å²) in [5.41, 5.74) is 1.37. The van der Waals surface area contributed by atoms with Crippen molar-refractivity contribution in [3.8, 4) is 5.88 Å². The smallest absolute Gasteiger partial charge is 0.251 e. The molecule has 2 saturated heterocycles. The summed E-state index contributed by atoms with van der Waals surface area (Å²) in [5.74, 6) is 0.553. The standard InChI is InChI=1S/C17H17N5O2/c23-17(20-14-9-12-2-3-13(14)19-12)10-1-4-15-11(7-10)8-16(24-15)22-6-5-18-21-22/h1,4-8,12-14,19H,2-3,9H2,(H,20,23)/t12-,13+,14-/m1/s1. The van der Waals surface area contributed by atoms with Crippen LogP contribution in [0.3, 0.4) is 0 Å². The fourth-order valence-corrected chi connectivity index (χ4v) is 3.84. The van der Waals surface area contributed by atoms with Gasteiger partial charge in [-0.25, -0.2) is 0 Å². The fraction of sp³-hybridized carbons (Fsp3) is 0.353. The highest BCUT2D eigenvalue weighted by Crippen LogP contribution is 2.29. The second-order valence-electron chi connectivity index (χ2n) is 6.55. The lowest BCUT2D eigenvalue weighted by molar-refractivity contribution is 0.0931. The number of amides is 1. The van der Waals surface area contributed by atoms with Crippen molar-refractivity contribution in [3.05, 3.63) is 42.2 Å². The van der Waals surface area contributed by atoms with E-state index in [2.05, 4.69) is 20.9 Å². The van der Waals surface area contributed by atoms with E-state index in [1.165, 1.54) is 6.42 Å². The van der Waals surface area contributed by atoms with E-state index in [0.29, 0.717) is 23.5 Å². The van der Waals surface area contributed by atoms with Gasteiger partial charge in [-0.2, -0.15) is 4.68 Å². The highest BCUT2D eigenvalue weighted by molar-refractivity contribution is 5.98. The molecule has 2 aromatic heterocycles. The van der Waals surface area contributed by atoms with E-state index in [1.54, 1.807) is 23.1 Å². The Bertz CT molecular complexity index is 901. The van der Waals surface area contributed by atoms with Crippen molar-refractivity contribution in [2.45, 2.75) is 37.4 Å². The van der Waals surface area contributed by atoms with Gasteiger partial charge in [-0.3, -0.25) is 4.79 Å². The van der Waals surface area contributed by atoms with E-state index in [0.717, 1.165) is 23.8 Å². The van der Waals surface area contributed by atoms with Gasteiger partial charge in [0.25, 0.3) is 5.91 Å². The van der Waals surface area contributed by atoms with Gasteiger partial charge in [0, 0.05) is 35.1 Å². The number of benzene rings is 1. The SMILES string of the molecule is O=C(N[C@@H]1C[C@H]2CC[C@@H]1N2)c1ccc2oc(-n3ccnn3)cc2c1. The summed E-state index contributed by atoms with van der Waals surface area (Å²) < 4.78 is 7.30. The third-order valence-electron chi connectivity index (χ3n) is 5.03. The molecular formula is C17H17N5O2. The van der Waals surface area contributed by atoms with Crippen LogP contribution in [0.15, 0.2) is 41.1 Å². The van der Waals surface area contributed by atoms with Crippen molar-refractivity contribution in [2.24, 2.45) is 0 Å². The van der Waals surface area contributed by atoms with Crippen LogP contribution in [0, 0.1) is 0 Å². The molecule has 122 valence electrons. The van der Waals surface area contributed by atoms with Crippen molar-refractivity contribution in [1.82, 2.24) is 25.6 Å². The van der Waals surface area contributed by atoms with Gasteiger partial charge in [0.2, 0.25) is 5.88 Å². The number of hydrogen-bond donors (Lipinski definition) is 2. The number of aromatic nitrogens is 3. The van der Waals surface area contributed by atoms with E-state index in [-0.39, 0.29) is 11.9 Å². The van der Waals surface area contributed by atoms with Gasteiger partial charge < -0.3 is 15.1 Å². The Morgan fingerprint density at radius 3 is 3.04 bits per heavy atom. The molecule has 4 heterocycles. The Balaban J connectivity index is 1.39. The van der Waals surface area contributed by atoms with Gasteiger partial charge in [0.1, 0.15) is 5.58 Å². The average Bonchev–Trinajstić information content (AvgIpc) is 3.35. The number of carbonyl (C=O) groups is 1. The molecule has 0 aliphatic carbocycles. The molecule has 3 aromatic rings. The third-order valence-corrected chi connectivity index (χ3v) is 5.03. The monoisotopic (exact) mass is 323 g/mol. The summed E-state index contributed by atoms with van der Waals surface area (Å²) in [4.78, 5) is 12.6. The lowest BCUT2D eigenvalue weighted by Gasteiger charge is -2.21. The lowest BCUT2D eigenvalue weighted by atomic mass is 9.95. The summed E-state index contributed by atoms with van der Waals surface area (Å²) in [6, 6.07) is 8.57. The second-order valence-corrected chi connectivity index (χ2v) is 6.55. The summed E-state index contributed by atoms with van der Waals surface area (Å²) in [6.45, 7) is 0. The molecule has 0 saturated carbocycles. The van der Waals surface area contributed by atoms with Crippen LogP contribution in [0.2, 0.25) is 0 Å². The molecule has 0 spiro atoms. The maximum absolute atomic E-state index is 12.6. The molecule has 2 aliphatic rings. The molecule has 3 atom stereocenters. The number of carbonyl (C=O) groups excluding carboxylic acids is 1. The molecule has 2 aliphatic heterocycles. The van der Waals surface area contributed by atoms with Crippen molar-refractivity contribution >= 4 is 16.9 Å². The first-order chi connectivity index (χ1) is 11.8. The minimum atomic E-state index is -0.0280. The van der Waals surface area contributed by atoms with Crippen molar-refractivity contribution in [2.75, 3.05) is 0 Å². The Labute approximate surface area is 138 Å². The first kappa shape index (κ1) is 13.7. The lowest BCUT2D eigenvalue weighted by Crippen LogP contribution is -2.42. The van der Waals surface area contributed by atoms with Crippen LogP contribution >= 0.6 is 0 Å². The molecule has 1 aromatic carbocycles. The number of fused-ring (bicyclic) bond motifs is 3. The van der Waals surface area contributed by atoms with Crippen LogP contribution in [0.1, 0.15) is 29.6 Å². The Hall–Kier alpha value is -2.67. The zero-order chi connectivity index (χ0) is 16.1. The molecular weight excluding hydrogens is 306 g/mol.